The molecule has 148 valence electrons. The normalized spacial score (nSPS) is 25.1. The zero-order valence-corrected chi connectivity index (χ0v) is 16.6. The predicted octanol–water partition coefficient (Wildman–Crippen LogP) is 2.82. The van der Waals surface area contributed by atoms with Gasteiger partial charge in [-0.25, -0.2) is 0 Å². The van der Waals surface area contributed by atoms with E-state index in [1.807, 2.05) is 22.9 Å². The van der Waals surface area contributed by atoms with Gasteiger partial charge < -0.3 is 9.80 Å². The second kappa shape index (κ2) is 7.78. The Bertz CT molecular complexity index is 847. The number of likely N-dealkylation sites (tertiary alicyclic amines) is 2. The lowest BCUT2D eigenvalue weighted by Crippen LogP contribution is -2.60. The molecule has 0 spiro atoms. The van der Waals surface area contributed by atoms with Gasteiger partial charge in [0.25, 0.3) is 5.91 Å². The van der Waals surface area contributed by atoms with Gasteiger partial charge in [0.15, 0.2) is 0 Å². The molecule has 6 heteroatoms. The van der Waals surface area contributed by atoms with Gasteiger partial charge in [0.2, 0.25) is 5.91 Å². The van der Waals surface area contributed by atoms with Crippen molar-refractivity contribution >= 4 is 11.8 Å². The van der Waals surface area contributed by atoms with Crippen molar-refractivity contribution in [2.24, 2.45) is 7.05 Å². The molecule has 0 unspecified atom stereocenters. The van der Waals surface area contributed by atoms with Gasteiger partial charge in [0.1, 0.15) is 5.69 Å². The van der Waals surface area contributed by atoms with E-state index < -0.39 is 0 Å². The van der Waals surface area contributed by atoms with Gasteiger partial charge in [0.05, 0.1) is 12.1 Å². The highest BCUT2D eigenvalue weighted by Gasteiger charge is 2.45. The SMILES string of the molecule is CC(=O)N1CCCC[C@@H]2[C@H]1[C@@H](c1ccccc1)CCN2C(=O)c1ccn(C)n1. The highest BCUT2D eigenvalue weighted by atomic mass is 16.2. The Morgan fingerprint density at radius 1 is 1.00 bits per heavy atom. The van der Waals surface area contributed by atoms with Gasteiger partial charge in [-0.05, 0) is 37.3 Å². The van der Waals surface area contributed by atoms with Crippen LogP contribution in [0.4, 0.5) is 0 Å². The number of aryl methyl sites for hydroxylation is 1. The zero-order chi connectivity index (χ0) is 19.7. The fourth-order valence-corrected chi connectivity index (χ4v) is 4.96. The Balaban J connectivity index is 1.71. The van der Waals surface area contributed by atoms with Crippen molar-refractivity contribution in [3.8, 4) is 0 Å². The molecule has 1 aromatic heterocycles. The second-order valence-electron chi connectivity index (χ2n) is 7.95. The minimum absolute atomic E-state index is 0.0174. The number of piperidine rings is 1. The fraction of sp³-hybridized carbons (Fsp3) is 0.500. The van der Waals surface area contributed by atoms with Crippen molar-refractivity contribution in [1.82, 2.24) is 19.6 Å². The summed E-state index contributed by atoms with van der Waals surface area (Å²) in [6.45, 7) is 3.12. The molecule has 3 heterocycles. The van der Waals surface area contributed by atoms with Crippen molar-refractivity contribution in [3.05, 3.63) is 53.9 Å². The van der Waals surface area contributed by atoms with Crippen molar-refractivity contribution in [2.45, 2.75) is 50.6 Å². The van der Waals surface area contributed by atoms with Crippen LogP contribution in [-0.2, 0) is 11.8 Å². The number of aromatic nitrogens is 2. The second-order valence-corrected chi connectivity index (χ2v) is 7.95. The van der Waals surface area contributed by atoms with Crippen LogP contribution in [0.1, 0.15) is 54.6 Å². The van der Waals surface area contributed by atoms with Crippen molar-refractivity contribution < 1.29 is 9.59 Å². The number of rotatable bonds is 2. The lowest BCUT2D eigenvalue weighted by atomic mass is 9.78. The van der Waals surface area contributed by atoms with Gasteiger partial charge in [-0.15, -0.1) is 0 Å². The first-order valence-corrected chi connectivity index (χ1v) is 10.2. The molecular formula is C22H28N4O2. The Labute approximate surface area is 166 Å². The van der Waals surface area contributed by atoms with Crippen LogP contribution in [-0.4, -0.2) is 56.6 Å². The van der Waals surface area contributed by atoms with Crippen LogP contribution >= 0.6 is 0 Å². The molecule has 6 nitrogen and oxygen atoms in total. The number of carbonyl (C=O) groups excluding carboxylic acids is 2. The smallest absolute Gasteiger partial charge is 0.274 e. The highest BCUT2D eigenvalue weighted by molar-refractivity contribution is 5.92. The molecular weight excluding hydrogens is 352 g/mol. The largest absolute Gasteiger partial charge is 0.337 e. The third-order valence-corrected chi connectivity index (χ3v) is 6.22. The maximum absolute atomic E-state index is 13.2. The molecule has 2 amide bonds. The van der Waals surface area contributed by atoms with E-state index in [9.17, 15) is 9.59 Å². The van der Waals surface area contributed by atoms with Crippen molar-refractivity contribution in [2.75, 3.05) is 13.1 Å². The number of hydrogen-bond acceptors (Lipinski definition) is 3. The first kappa shape index (κ1) is 18.7. The molecule has 2 aromatic rings. The molecule has 0 N–H and O–H groups in total. The van der Waals surface area contributed by atoms with Crippen LogP contribution in [0.25, 0.3) is 0 Å². The minimum atomic E-state index is -0.0208. The fourth-order valence-electron chi connectivity index (χ4n) is 4.96. The maximum atomic E-state index is 13.2. The van der Waals surface area contributed by atoms with E-state index in [-0.39, 0.29) is 29.8 Å². The molecule has 3 atom stereocenters. The number of amides is 2. The average molecular weight is 380 g/mol. The van der Waals surface area contributed by atoms with Crippen LogP contribution < -0.4 is 0 Å². The summed E-state index contributed by atoms with van der Waals surface area (Å²) >= 11 is 0. The van der Waals surface area contributed by atoms with E-state index in [1.54, 1.807) is 23.9 Å². The summed E-state index contributed by atoms with van der Waals surface area (Å²) < 4.78 is 1.66. The number of carbonyl (C=O) groups is 2. The minimum Gasteiger partial charge on any atom is -0.337 e. The van der Waals surface area contributed by atoms with E-state index in [2.05, 4.69) is 29.4 Å². The summed E-state index contributed by atoms with van der Waals surface area (Å²) in [7, 11) is 1.82. The Morgan fingerprint density at radius 2 is 1.79 bits per heavy atom. The number of benzene rings is 1. The molecule has 2 saturated heterocycles. The average Bonchev–Trinajstić information content (AvgIpc) is 3.01. The molecule has 0 saturated carbocycles. The van der Waals surface area contributed by atoms with Gasteiger partial charge in [-0.2, -0.15) is 5.10 Å². The molecule has 28 heavy (non-hydrogen) atoms. The van der Waals surface area contributed by atoms with E-state index in [0.717, 1.165) is 32.2 Å². The van der Waals surface area contributed by atoms with Gasteiger partial charge in [-0.1, -0.05) is 30.3 Å². The zero-order valence-electron chi connectivity index (χ0n) is 16.6. The van der Waals surface area contributed by atoms with Crippen LogP contribution in [0.2, 0.25) is 0 Å². The summed E-state index contributed by atoms with van der Waals surface area (Å²) in [4.78, 5) is 29.8. The van der Waals surface area contributed by atoms with Crippen molar-refractivity contribution in [1.29, 1.82) is 0 Å². The first-order chi connectivity index (χ1) is 13.6. The molecule has 0 bridgehead atoms. The first-order valence-electron chi connectivity index (χ1n) is 10.2. The molecule has 0 aliphatic carbocycles. The summed E-state index contributed by atoms with van der Waals surface area (Å²) in [5.74, 6) is 0.332. The molecule has 2 aliphatic rings. The van der Waals surface area contributed by atoms with Crippen LogP contribution in [0.15, 0.2) is 42.6 Å². The van der Waals surface area contributed by atoms with E-state index in [1.165, 1.54) is 5.56 Å². The Hall–Kier alpha value is -2.63. The third kappa shape index (κ3) is 3.43. The third-order valence-electron chi connectivity index (χ3n) is 6.22. The van der Waals surface area contributed by atoms with E-state index in [0.29, 0.717) is 12.2 Å². The molecule has 2 fully saturated rings. The number of fused-ring (bicyclic) bond motifs is 1. The maximum Gasteiger partial charge on any atom is 0.274 e. The monoisotopic (exact) mass is 380 g/mol. The predicted molar refractivity (Wildman–Crippen MR) is 107 cm³/mol. The number of nitrogens with zero attached hydrogens (tertiary/aromatic N) is 4. The topological polar surface area (TPSA) is 58.4 Å². The molecule has 1 aromatic carbocycles. The highest BCUT2D eigenvalue weighted by Crippen LogP contribution is 2.39. The Morgan fingerprint density at radius 3 is 2.46 bits per heavy atom. The van der Waals surface area contributed by atoms with Crippen LogP contribution in [0, 0.1) is 0 Å². The molecule has 4 rings (SSSR count). The van der Waals surface area contributed by atoms with Gasteiger partial charge >= 0.3 is 0 Å². The summed E-state index contributed by atoms with van der Waals surface area (Å²) in [5.41, 5.74) is 1.74. The standard InChI is InChI=1S/C22H28N4O2/c1-16(27)25-13-7-6-10-20-21(25)18(17-8-4-3-5-9-17)11-15-26(20)22(28)19-12-14-24(2)23-19/h3-5,8-9,12,14,18,20-21H,6-7,10-11,13,15H2,1-2H3/t18-,20-,21-/m1/s1. The van der Waals surface area contributed by atoms with Crippen molar-refractivity contribution in [3.63, 3.8) is 0 Å². The Kier molecular flexibility index (Phi) is 5.20. The molecule has 2 aliphatic heterocycles. The van der Waals surface area contributed by atoms with E-state index >= 15 is 0 Å². The van der Waals surface area contributed by atoms with Crippen LogP contribution in [0.5, 0.6) is 0 Å². The van der Waals surface area contributed by atoms with Gasteiger partial charge in [0, 0.05) is 39.2 Å². The lowest BCUT2D eigenvalue weighted by Gasteiger charge is -2.48. The quantitative estimate of drug-likeness (QED) is 0.805. The van der Waals surface area contributed by atoms with E-state index in [4.69, 9.17) is 0 Å². The summed E-state index contributed by atoms with van der Waals surface area (Å²) in [5, 5.41) is 4.32. The van der Waals surface area contributed by atoms with Gasteiger partial charge in [-0.3, -0.25) is 14.3 Å². The summed E-state index contributed by atoms with van der Waals surface area (Å²) in [6.07, 6.45) is 5.60. The summed E-state index contributed by atoms with van der Waals surface area (Å²) in [6, 6.07) is 12.3. The van der Waals surface area contributed by atoms with Crippen LogP contribution in [0.3, 0.4) is 0 Å². The number of hydrogen-bond donors (Lipinski definition) is 0. The molecule has 0 radical (unpaired) electrons. The lowest BCUT2D eigenvalue weighted by molar-refractivity contribution is -0.133.